The normalized spacial score (nSPS) is 15.8. The highest BCUT2D eigenvalue weighted by Gasteiger charge is 2.42. The topological polar surface area (TPSA) is 65.0 Å². The third kappa shape index (κ3) is 3.32. The summed E-state index contributed by atoms with van der Waals surface area (Å²) < 4.78 is 53.5. The van der Waals surface area contributed by atoms with Crippen LogP contribution in [0.25, 0.3) is 0 Å². The van der Waals surface area contributed by atoms with Crippen LogP contribution < -0.4 is 9.47 Å². The van der Waals surface area contributed by atoms with Crippen LogP contribution in [0.2, 0.25) is 0 Å². The first-order valence-electron chi connectivity index (χ1n) is 5.67. The van der Waals surface area contributed by atoms with E-state index in [0.29, 0.717) is 12.4 Å². The number of alkyl halides is 3. The van der Waals surface area contributed by atoms with Crippen molar-refractivity contribution in [2.24, 2.45) is 0 Å². The molecule has 20 heavy (non-hydrogen) atoms. The van der Waals surface area contributed by atoms with Gasteiger partial charge in [-0.25, -0.2) is 4.79 Å². The van der Waals surface area contributed by atoms with Crippen molar-refractivity contribution in [2.75, 3.05) is 19.8 Å². The number of aliphatic carboxylic acids is 1. The second-order valence-electron chi connectivity index (χ2n) is 4.03. The van der Waals surface area contributed by atoms with E-state index in [1.807, 2.05) is 0 Å². The van der Waals surface area contributed by atoms with E-state index < -0.39 is 24.9 Å². The summed E-state index contributed by atoms with van der Waals surface area (Å²) in [6, 6.07) is 3.66. The minimum Gasteiger partial charge on any atom is -0.486 e. The van der Waals surface area contributed by atoms with E-state index in [9.17, 15) is 18.0 Å². The van der Waals surface area contributed by atoms with Gasteiger partial charge in [-0.15, -0.1) is 0 Å². The molecule has 0 aliphatic carbocycles. The van der Waals surface area contributed by atoms with Crippen LogP contribution in [-0.2, 0) is 9.53 Å². The van der Waals surface area contributed by atoms with Gasteiger partial charge < -0.3 is 19.3 Å². The summed E-state index contributed by atoms with van der Waals surface area (Å²) in [5.41, 5.74) is -0.233. The molecule has 1 heterocycles. The van der Waals surface area contributed by atoms with Gasteiger partial charge in [0.1, 0.15) is 19.8 Å². The van der Waals surface area contributed by atoms with Gasteiger partial charge >= 0.3 is 12.1 Å². The van der Waals surface area contributed by atoms with Crippen molar-refractivity contribution in [1.82, 2.24) is 0 Å². The van der Waals surface area contributed by atoms with Gasteiger partial charge in [-0.3, -0.25) is 0 Å². The number of carboxylic acids is 1. The number of hydrogen-bond acceptors (Lipinski definition) is 4. The number of hydrogen-bond donors (Lipinski definition) is 1. The molecule has 1 N–H and O–H groups in total. The van der Waals surface area contributed by atoms with Crippen LogP contribution in [0.15, 0.2) is 18.2 Å². The molecule has 0 saturated carbocycles. The third-order valence-corrected chi connectivity index (χ3v) is 2.54. The number of benzene rings is 1. The number of halogens is 3. The molecule has 0 amide bonds. The Kier molecular flexibility index (Phi) is 4.03. The Morgan fingerprint density at radius 2 is 1.95 bits per heavy atom. The molecule has 0 unspecified atom stereocenters. The summed E-state index contributed by atoms with van der Waals surface area (Å²) in [5, 5.41) is 8.43. The molecule has 1 aliphatic heterocycles. The predicted octanol–water partition coefficient (Wildman–Crippen LogP) is 2.16. The maximum absolute atomic E-state index is 12.9. The number of ether oxygens (including phenoxy) is 3. The van der Waals surface area contributed by atoms with Crippen LogP contribution in [0.5, 0.6) is 11.5 Å². The zero-order chi connectivity index (χ0) is 14.8. The fraction of sp³-hybridized carbons (Fsp3) is 0.417. The lowest BCUT2D eigenvalue weighted by Gasteiger charge is -2.23. The van der Waals surface area contributed by atoms with Crippen molar-refractivity contribution in [1.29, 1.82) is 0 Å². The van der Waals surface area contributed by atoms with Crippen molar-refractivity contribution in [2.45, 2.75) is 12.3 Å². The van der Waals surface area contributed by atoms with Gasteiger partial charge in [-0.1, -0.05) is 6.07 Å². The number of fused-ring (bicyclic) bond motifs is 1. The molecule has 0 saturated heterocycles. The van der Waals surface area contributed by atoms with Crippen molar-refractivity contribution in [3.8, 4) is 11.5 Å². The third-order valence-electron chi connectivity index (χ3n) is 2.54. The fourth-order valence-electron chi connectivity index (χ4n) is 1.76. The maximum Gasteiger partial charge on any atom is 0.418 e. The lowest BCUT2D eigenvalue weighted by Crippen LogP contribution is -2.26. The second-order valence-corrected chi connectivity index (χ2v) is 4.03. The summed E-state index contributed by atoms with van der Waals surface area (Å²) in [5.74, 6) is -0.946. The standard InChI is InChI=1S/C12H11F3O5/c13-12(14,15)11(20-6-10(16)17)7-1-2-8-9(5-7)19-4-3-18-8/h1-2,5,11H,3-4,6H2,(H,16,17)/t11-/m1/s1. The lowest BCUT2D eigenvalue weighted by atomic mass is 10.1. The molecule has 5 nitrogen and oxygen atoms in total. The number of carboxylic acid groups (broad SMARTS) is 1. The first-order valence-corrected chi connectivity index (χ1v) is 5.67. The van der Waals surface area contributed by atoms with E-state index >= 15 is 0 Å². The summed E-state index contributed by atoms with van der Waals surface area (Å²) in [6.45, 7) is -0.480. The smallest absolute Gasteiger partial charge is 0.418 e. The predicted molar refractivity (Wildman–Crippen MR) is 59.8 cm³/mol. The van der Waals surface area contributed by atoms with Crippen LogP contribution in [0.1, 0.15) is 11.7 Å². The molecular weight excluding hydrogens is 281 g/mol. The molecule has 1 aromatic carbocycles. The molecule has 1 aliphatic rings. The SMILES string of the molecule is O=C(O)CO[C@H](c1ccc2c(c1)OCCO2)C(F)(F)F. The first-order chi connectivity index (χ1) is 9.38. The Morgan fingerprint density at radius 3 is 2.55 bits per heavy atom. The number of carbonyl (C=O) groups is 1. The highest BCUT2D eigenvalue weighted by atomic mass is 19.4. The van der Waals surface area contributed by atoms with Gasteiger partial charge in [0.2, 0.25) is 0 Å². The Hall–Kier alpha value is -1.96. The average molecular weight is 292 g/mol. The number of rotatable bonds is 4. The monoisotopic (exact) mass is 292 g/mol. The molecule has 0 spiro atoms. The average Bonchev–Trinajstić information content (AvgIpc) is 2.37. The lowest BCUT2D eigenvalue weighted by molar-refractivity contribution is -0.225. The van der Waals surface area contributed by atoms with E-state index in [2.05, 4.69) is 4.74 Å². The first kappa shape index (κ1) is 14.4. The summed E-state index contributed by atoms with van der Waals surface area (Å²) in [7, 11) is 0. The van der Waals surface area contributed by atoms with Crippen LogP contribution in [0.4, 0.5) is 13.2 Å². The van der Waals surface area contributed by atoms with Gasteiger partial charge in [0.25, 0.3) is 0 Å². The Morgan fingerprint density at radius 1 is 1.30 bits per heavy atom. The van der Waals surface area contributed by atoms with Gasteiger partial charge in [-0.05, 0) is 17.7 Å². The van der Waals surface area contributed by atoms with Crippen molar-refractivity contribution in [3.05, 3.63) is 23.8 Å². The fourth-order valence-corrected chi connectivity index (χ4v) is 1.76. The zero-order valence-corrected chi connectivity index (χ0v) is 10.1. The Labute approximate surface area is 111 Å². The Balaban J connectivity index is 2.26. The quantitative estimate of drug-likeness (QED) is 0.921. The maximum atomic E-state index is 12.9. The van der Waals surface area contributed by atoms with E-state index in [1.165, 1.54) is 12.1 Å². The summed E-state index contributed by atoms with van der Waals surface area (Å²) in [4.78, 5) is 10.4. The molecule has 0 bridgehead atoms. The minimum absolute atomic E-state index is 0.182. The Bertz CT molecular complexity index is 500. The van der Waals surface area contributed by atoms with Crippen molar-refractivity contribution in [3.63, 3.8) is 0 Å². The van der Waals surface area contributed by atoms with Gasteiger partial charge in [0.05, 0.1) is 0 Å². The van der Waals surface area contributed by atoms with E-state index in [1.54, 1.807) is 0 Å². The van der Waals surface area contributed by atoms with Crippen molar-refractivity contribution < 1.29 is 37.3 Å². The molecule has 1 aromatic rings. The van der Waals surface area contributed by atoms with E-state index in [-0.39, 0.29) is 17.9 Å². The molecule has 1 atom stereocenters. The van der Waals surface area contributed by atoms with Gasteiger partial charge in [0, 0.05) is 0 Å². The summed E-state index contributed by atoms with van der Waals surface area (Å²) in [6.07, 6.45) is -7.05. The molecular formula is C12H11F3O5. The molecule has 2 rings (SSSR count). The molecule has 8 heteroatoms. The van der Waals surface area contributed by atoms with E-state index in [4.69, 9.17) is 14.6 Å². The van der Waals surface area contributed by atoms with Crippen LogP contribution >= 0.6 is 0 Å². The van der Waals surface area contributed by atoms with Crippen LogP contribution in [0.3, 0.4) is 0 Å². The molecule has 0 aromatic heterocycles. The molecule has 110 valence electrons. The zero-order valence-electron chi connectivity index (χ0n) is 10.1. The molecule has 0 radical (unpaired) electrons. The van der Waals surface area contributed by atoms with E-state index in [0.717, 1.165) is 6.07 Å². The molecule has 0 fully saturated rings. The summed E-state index contributed by atoms with van der Waals surface area (Å²) >= 11 is 0. The van der Waals surface area contributed by atoms with Crippen LogP contribution in [-0.4, -0.2) is 37.1 Å². The second kappa shape index (κ2) is 5.58. The highest BCUT2D eigenvalue weighted by molar-refractivity contribution is 5.68. The van der Waals surface area contributed by atoms with Gasteiger partial charge in [0.15, 0.2) is 17.6 Å². The van der Waals surface area contributed by atoms with Crippen LogP contribution in [0, 0.1) is 0 Å². The minimum atomic E-state index is -4.72. The van der Waals surface area contributed by atoms with Gasteiger partial charge in [-0.2, -0.15) is 13.2 Å². The largest absolute Gasteiger partial charge is 0.486 e. The highest BCUT2D eigenvalue weighted by Crippen LogP contribution is 2.40. The van der Waals surface area contributed by atoms with Crippen molar-refractivity contribution >= 4 is 5.97 Å².